The van der Waals surface area contributed by atoms with E-state index in [4.69, 9.17) is 0 Å². The van der Waals surface area contributed by atoms with Crippen LogP contribution in [0.15, 0.2) is 69.9 Å². The van der Waals surface area contributed by atoms with E-state index in [-0.39, 0.29) is 12.8 Å². The zero-order chi connectivity index (χ0) is 28.4. The number of allylic oxidation sites excluding steroid dienone is 12. The predicted octanol–water partition coefficient (Wildman–Crippen LogP) is 9.76. The van der Waals surface area contributed by atoms with Crippen LogP contribution in [0.5, 0.6) is 0 Å². The molecule has 0 aromatic heterocycles. The van der Waals surface area contributed by atoms with Gasteiger partial charge in [0, 0.05) is 0 Å². The quantitative estimate of drug-likeness (QED) is 0.141. The van der Waals surface area contributed by atoms with Crippen LogP contribution in [-0.2, 0) is 9.59 Å². The first-order chi connectivity index (χ1) is 17.3. The summed E-state index contributed by atoms with van der Waals surface area (Å²) in [6.07, 6.45) is 20.0. The van der Waals surface area contributed by atoms with Crippen LogP contribution in [0.3, 0.4) is 0 Å². The van der Waals surface area contributed by atoms with Crippen molar-refractivity contribution in [1.82, 2.24) is 0 Å². The molecule has 0 atom stereocenters. The van der Waals surface area contributed by atoms with Gasteiger partial charge in [0.2, 0.25) is 0 Å². The lowest BCUT2D eigenvalue weighted by Crippen LogP contribution is -2.38. The van der Waals surface area contributed by atoms with E-state index < -0.39 is 17.4 Å². The minimum atomic E-state index is -1.84. The highest BCUT2D eigenvalue weighted by atomic mass is 16.4. The van der Waals surface area contributed by atoms with Gasteiger partial charge < -0.3 is 10.2 Å². The monoisotopic (exact) mass is 512 g/mol. The smallest absolute Gasteiger partial charge is 0.321 e. The van der Waals surface area contributed by atoms with Crippen LogP contribution in [0, 0.1) is 5.41 Å². The summed E-state index contributed by atoms with van der Waals surface area (Å²) in [4.78, 5) is 24.2. The molecule has 0 saturated heterocycles. The molecular formula is C33H52O4. The molecule has 0 heterocycles. The third-order valence-corrected chi connectivity index (χ3v) is 6.66. The SMILES string of the molecule is CC(C)=CCCC(C)=CCCC(C)=CCC(CC=C(C)CCC=C(C)CCC=C(C)C)(C(=O)O)C(=O)O. The van der Waals surface area contributed by atoms with Crippen LogP contribution >= 0.6 is 0 Å². The Bertz CT molecular complexity index is 838. The highest BCUT2D eigenvalue weighted by Crippen LogP contribution is 2.31. The molecule has 0 radical (unpaired) electrons. The molecule has 0 aliphatic heterocycles. The van der Waals surface area contributed by atoms with Crippen LogP contribution in [0.1, 0.15) is 120 Å². The summed E-state index contributed by atoms with van der Waals surface area (Å²) < 4.78 is 0. The van der Waals surface area contributed by atoms with E-state index in [1.54, 1.807) is 12.2 Å². The molecule has 37 heavy (non-hydrogen) atoms. The lowest BCUT2D eigenvalue weighted by Gasteiger charge is -2.22. The number of aliphatic carboxylic acids is 2. The molecule has 0 bridgehead atoms. The van der Waals surface area contributed by atoms with E-state index in [1.807, 2.05) is 13.8 Å². The lowest BCUT2D eigenvalue weighted by atomic mass is 9.79. The summed E-state index contributed by atoms with van der Waals surface area (Å²) in [7, 11) is 0. The summed E-state index contributed by atoms with van der Waals surface area (Å²) in [5.74, 6) is -2.56. The van der Waals surface area contributed by atoms with Crippen molar-refractivity contribution in [2.24, 2.45) is 5.41 Å². The van der Waals surface area contributed by atoms with Crippen LogP contribution in [0.25, 0.3) is 0 Å². The highest BCUT2D eigenvalue weighted by molar-refractivity contribution is 5.98. The van der Waals surface area contributed by atoms with Crippen molar-refractivity contribution >= 4 is 11.9 Å². The molecule has 208 valence electrons. The van der Waals surface area contributed by atoms with Crippen molar-refractivity contribution in [2.45, 2.75) is 120 Å². The molecule has 4 nitrogen and oxygen atoms in total. The minimum absolute atomic E-state index is 0.0140. The van der Waals surface area contributed by atoms with Crippen molar-refractivity contribution in [3.8, 4) is 0 Å². The lowest BCUT2D eigenvalue weighted by molar-refractivity contribution is -0.164. The Labute approximate surface area is 226 Å². The Morgan fingerprint density at radius 1 is 0.486 bits per heavy atom. The normalized spacial score (nSPS) is 13.4. The van der Waals surface area contributed by atoms with Crippen LogP contribution in [0.2, 0.25) is 0 Å². The third kappa shape index (κ3) is 16.0. The van der Waals surface area contributed by atoms with E-state index in [9.17, 15) is 19.8 Å². The second kappa shape index (κ2) is 18.6. The molecular weight excluding hydrogens is 460 g/mol. The van der Waals surface area contributed by atoms with Gasteiger partial charge in [0.15, 0.2) is 5.41 Å². The van der Waals surface area contributed by atoms with Crippen molar-refractivity contribution in [3.63, 3.8) is 0 Å². The highest BCUT2D eigenvalue weighted by Gasteiger charge is 2.44. The summed E-state index contributed by atoms with van der Waals surface area (Å²) in [5, 5.41) is 19.8. The second-order valence-electron chi connectivity index (χ2n) is 11.0. The fraction of sp³-hybridized carbons (Fsp3) is 0.576. The Hall–Kier alpha value is -2.62. The van der Waals surface area contributed by atoms with Gasteiger partial charge >= 0.3 is 11.9 Å². The number of rotatable bonds is 18. The summed E-state index contributed by atoms with van der Waals surface area (Å²) >= 11 is 0. The van der Waals surface area contributed by atoms with Gasteiger partial charge in [0.1, 0.15) is 0 Å². The molecule has 0 spiro atoms. The van der Waals surface area contributed by atoms with E-state index in [1.165, 1.54) is 22.3 Å². The Morgan fingerprint density at radius 2 is 0.757 bits per heavy atom. The van der Waals surface area contributed by atoms with Crippen LogP contribution in [0.4, 0.5) is 0 Å². The zero-order valence-corrected chi connectivity index (χ0v) is 24.7. The number of hydrogen-bond acceptors (Lipinski definition) is 2. The maximum Gasteiger partial charge on any atom is 0.321 e. The number of carbonyl (C=O) groups is 2. The van der Waals surface area contributed by atoms with Gasteiger partial charge in [-0.05, 0) is 120 Å². The van der Waals surface area contributed by atoms with Crippen molar-refractivity contribution < 1.29 is 19.8 Å². The fourth-order valence-electron chi connectivity index (χ4n) is 3.90. The van der Waals surface area contributed by atoms with E-state index in [0.29, 0.717) is 0 Å². The van der Waals surface area contributed by atoms with Crippen LogP contribution < -0.4 is 0 Å². The van der Waals surface area contributed by atoms with Gasteiger partial charge in [-0.2, -0.15) is 0 Å². The molecule has 0 fully saturated rings. The summed E-state index contributed by atoms with van der Waals surface area (Å²) in [5.41, 5.74) is 5.55. The zero-order valence-electron chi connectivity index (χ0n) is 24.7. The Kier molecular flexibility index (Phi) is 17.3. The van der Waals surface area contributed by atoms with Crippen molar-refractivity contribution in [2.75, 3.05) is 0 Å². The van der Waals surface area contributed by atoms with Gasteiger partial charge in [0.05, 0.1) is 0 Å². The van der Waals surface area contributed by atoms with E-state index in [0.717, 1.165) is 62.5 Å². The van der Waals surface area contributed by atoms with Gasteiger partial charge in [0.25, 0.3) is 0 Å². The Morgan fingerprint density at radius 3 is 1.03 bits per heavy atom. The number of carboxylic acid groups (broad SMARTS) is 2. The second-order valence-corrected chi connectivity index (χ2v) is 11.0. The molecule has 2 N–H and O–H groups in total. The molecule has 4 heteroatoms. The van der Waals surface area contributed by atoms with Gasteiger partial charge in [-0.15, -0.1) is 0 Å². The number of hydrogen-bond donors (Lipinski definition) is 2. The first-order valence-corrected chi connectivity index (χ1v) is 13.7. The molecule has 0 saturated carbocycles. The average molecular weight is 513 g/mol. The molecule has 0 amide bonds. The maximum atomic E-state index is 12.1. The van der Waals surface area contributed by atoms with Crippen molar-refractivity contribution in [3.05, 3.63) is 69.9 Å². The average Bonchev–Trinajstić information content (AvgIpc) is 2.78. The van der Waals surface area contributed by atoms with E-state index in [2.05, 4.69) is 65.8 Å². The first kappa shape index (κ1) is 34.4. The summed E-state index contributed by atoms with van der Waals surface area (Å²) in [6, 6.07) is 0. The predicted molar refractivity (Wildman–Crippen MR) is 158 cm³/mol. The molecule has 0 rings (SSSR count). The van der Waals surface area contributed by atoms with Gasteiger partial charge in [-0.1, -0.05) is 69.9 Å². The molecule has 0 aliphatic rings. The summed E-state index contributed by atoms with van der Waals surface area (Å²) in [6.45, 7) is 16.6. The molecule has 0 unspecified atom stereocenters. The van der Waals surface area contributed by atoms with Crippen molar-refractivity contribution in [1.29, 1.82) is 0 Å². The van der Waals surface area contributed by atoms with Gasteiger partial charge in [-0.3, -0.25) is 9.59 Å². The molecule has 0 aliphatic carbocycles. The fourth-order valence-corrected chi connectivity index (χ4v) is 3.90. The molecule has 0 aromatic carbocycles. The topological polar surface area (TPSA) is 74.6 Å². The largest absolute Gasteiger partial charge is 0.480 e. The Balaban J connectivity index is 5.08. The maximum absolute atomic E-state index is 12.1. The molecule has 0 aromatic rings. The third-order valence-electron chi connectivity index (χ3n) is 6.66. The van der Waals surface area contributed by atoms with E-state index >= 15 is 0 Å². The first-order valence-electron chi connectivity index (χ1n) is 13.7. The number of carboxylic acids is 2. The van der Waals surface area contributed by atoms with Gasteiger partial charge in [-0.25, -0.2) is 0 Å². The standard InChI is InChI=1S/C33H52O4/c1-25(2)13-9-15-27(5)17-11-19-29(7)21-23-33(31(34)35,32(36)37)24-22-30(8)20-12-18-28(6)16-10-14-26(3)4/h13-14,17-18,21-22H,9-12,15-16,19-20,23-24H2,1-8H3,(H,34,35)(H,36,37). The van der Waals surface area contributed by atoms with Crippen LogP contribution in [-0.4, -0.2) is 22.2 Å². The minimum Gasteiger partial charge on any atom is -0.480 e.